The number of rotatable bonds is 3. The molecule has 0 amide bonds. The molecule has 0 bridgehead atoms. The Kier molecular flexibility index (Phi) is 4.01. The summed E-state index contributed by atoms with van der Waals surface area (Å²) in [5, 5.41) is 2.70. The molecule has 1 aliphatic heterocycles. The van der Waals surface area contributed by atoms with Crippen LogP contribution in [0, 0.1) is 0 Å². The Morgan fingerprint density at radius 3 is 2.46 bits per heavy atom. The highest BCUT2D eigenvalue weighted by atomic mass is 16.5. The van der Waals surface area contributed by atoms with Gasteiger partial charge < -0.3 is 9.75 Å². The molecule has 1 aromatic heterocycles. The molecule has 2 aromatic carbocycles. The number of para-hydroxylation sites is 1. The Morgan fingerprint density at radius 2 is 1.67 bits per heavy atom. The molecule has 5 nitrogen and oxygen atoms in total. The highest BCUT2D eigenvalue weighted by Crippen LogP contribution is 2.13. The van der Waals surface area contributed by atoms with E-state index in [1.807, 2.05) is 47.5 Å². The van der Waals surface area contributed by atoms with Crippen LogP contribution < -0.4 is 10.6 Å². The molecule has 0 N–H and O–H groups in total. The van der Waals surface area contributed by atoms with Gasteiger partial charge in [0.2, 0.25) is 0 Å². The first kappa shape index (κ1) is 14.9. The molecule has 0 aliphatic carbocycles. The lowest BCUT2D eigenvalue weighted by atomic mass is 10.1. The highest BCUT2D eigenvalue weighted by molar-refractivity contribution is 5.77. The lowest BCUT2D eigenvalue weighted by Crippen LogP contribution is -2.50. The number of morpholine rings is 1. The normalized spacial score (nSPS) is 14.9. The fourth-order valence-corrected chi connectivity index (χ4v) is 3.11. The molecule has 4 rings (SSSR count). The molecule has 0 saturated carbocycles. The molecule has 2 heterocycles. The SMILES string of the molecule is O=c1c2ccccc2nc(Cc2ccccc2)n1N1CCOCC1. The van der Waals surface area contributed by atoms with Gasteiger partial charge in [-0.05, 0) is 17.7 Å². The standard InChI is InChI=1S/C19H19N3O2/c23-19-16-8-4-5-9-17(16)20-18(14-15-6-2-1-3-7-15)22(19)21-10-12-24-13-11-21/h1-9H,10-14H2. The largest absolute Gasteiger partial charge is 0.378 e. The third-order valence-corrected chi connectivity index (χ3v) is 4.30. The lowest BCUT2D eigenvalue weighted by molar-refractivity contribution is 0.110. The monoisotopic (exact) mass is 321 g/mol. The molecule has 1 fully saturated rings. The van der Waals surface area contributed by atoms with Crippen LogP contribution in [0.2, 0.25) is 0 Å². The Balaban J connectivity index is 1.87. The first-order valence-electron chi connectivity index (χ1n) is 8.20. The van der Waals surface area contributed by atoms with Gasteiger partial charge >= 0.3 is 0 Å². The molecule has 0 spiro atoms. The second kappa shape index (κ2) is 6.45. The summed E-state index contributed by atoms with van der Waals surface area (Å²) in [6, 6.07) is 17.7. The van der Waals surface area contributed by atoms with E-state index in [1.54, 1.807) is 4.68 Å². The third kappa shape index (κ3) is 2.78. The van der Waals surface area contributed by atoms with Crippen molar-refractivity contribution in [2.75, 3.05) is 31.3 Å². The smallest absolute Gasteiger partial charge is 0.280 e. The van der Waals surface area contributed by atoms with Crippen molar-refractivity contribution in [2.24, 2.45) is 0 Å². The van der Waals surface area contributed by atoms with Gasteiger partial charge in [0, 0.05) is 6.42 Å². The van der Waals surface area contributed by atoms with Gasteiger partial charge in [0.15, 0.2) is 0 Å². The zero-order valence-electron chi connectivity index (χ0n) is 13.4. The van der Waals surface area contributed by atoms with E-state index in [0.29, 0.717) is 38.1 Å². The van der Waals surface area contributed by atoms with E-state index >= 15 is 0 Å². The Bertz CT molecular complexity index is 899. The molecule has 3 aromatic rings. The molecule has 5 heteroatoms. The van der Waals surface area contributed by atoms with Gasteiger partial charge in [-0.1, -0.05) is 42.5 Å². The van der Waals surface area contributed by atoms with Crippen molar-refractivity contribution in [1.82, 2.24) is 9.66 Å². The fraction of sp³-hybridized carbons (Fsp3) is 0.263. The van der Waals surface area contributed by atoms with E-state index in [9.17, 15) is 4.79 Å². The summed E-state index contributed by atoms with van der Waals surface area (Å²) in [4.78, 5) is 17.9. The maximum absolute atomic E-state index is 13.1. The zero-order valence-corrected chi connectivity index (χ0v) is 13.4. The van der Waals surface area contributed by atoms with Crippen LogP contribution in [0.4, 0.5) is 0 Å². The minimum Gasteiger partial charge on any atom is -0.378 e. The maximum Gasteiger partial charge on any atom is 0.280 e. The summed E-state index contributed by atoms with van der Waals surface area (Å²) in [5.74, 6) is 0.770. The second-order valence-corrected chi connectivity index (χ2v) is 5.89. The number of nitrogens with zero attached hydrogens (tertiary/aromatic N) is 3. The first-order valence-corrected chi connectivity index (χ1v) is 8.20. The van der Waals surface area contributed by atoms with Gasteiger partial charge in [-0.25, -0.2) is 9.66 Å². The van der Waals surface area contributed by atoms with Crippen LogP contribution in [0.15, 0.2) is 59.4 Å². The minimum absolute atomic E-state index is 0.00608. The van der Waals surface area contributed by atoms with Crippen LogP contribution in [0.25, 0.3) is 10.9 Å². The average molecular weight is 321 g/mol. The van der Waals surface area contributed by atoms with E-state index in [2.05, 4.69) is 12.1 Å². The topological polar surface area (TPSA) is 47.4 Å². The Labute approximate surface area is 140 Å². The van der Waals surface area contributed by atoms with Crippen molar-refractivity contribution in [3.63, 3.8) is 0 Å². The van der Waals surface area contributed by atoms with Crippen LogP contribution >= 0.6 is 0 Å². The number of ether oxygens (including phenoxy) is 1. The van der Waals surface area contributed by atoms with Gasteiger partial charge in [-0.3, -0.25) is 4.79 Å². The van der Waals surface area contributed by atoms with Crippen molar-refractivity contribution >= 4 is 10.9 Å². The molecular formula is C19H19N3O2. The molecule has 1 aliphatic rings. The van der Waals surface area contributed by atoms with Gasteiger partial charge in [0.05, 0.1) is 37.2 Å². The van der Waals surface area contributed by atoms with Crippen molar-refractivity contribution in [1.29, 1.82) is 0 Å². The first-order chi connectivity index (χ1) is 11.8. The van der Waals surface area contributed by atoms with Crippen LogP contribution in [-0.2, 0) is 11.2 Å². The van der Waals surface area contributed by atoms with E-state index < -0.39 is 0 Å². The highest BCUT2D eigenvalue weighted by Gasteiger charge is 2.18. The van der Waals surface area contributed by atoms with Crippen LogP contribution in [-0.4, -0.2) is 36.0 Å². The lowest BCUT2D eigenvalue weighted by Gasteiger charge is -2.31. The average Bonchev–Trinajstić information content (AvgIpc) is 2.64. The zero-order chi connectivity index (χ0) is 16.4. The minimum atomic E-state index is -0.00608. The number of aromatic nitrogens is 2. The third-order valence-electron chi connectivity index (χ3n) is 4.30. The molecule has 122 valence electrons. The van der Waals surface area contributed by atoms with E-state index in [4.69, 9.17) is 9.72 Å². The summed E-state index contributed by atoms with van der Waals surface area (Å²) in [5.41, 5.74) is 1.88. The van der Waals surface area contributed by atoms with Crippen molar-refractivity contribution < 1.29 is 4.74 Å². The predicted octanol–water partition coefficient (Wildman–Crippen LogP) is 1.96. The Morgan fingerprint density at radius 1 is 0.958 bits per heavy atom. The molecular weight excluding hydrogens is 302 g/mol. The van der Waals surface area contributed by atoms with E-state index in [0.717, 1.165) is 16.9 Å². The molecule has 24 heavy (non-hydrogen) atoms. The summed E-state index contributed by atoms with van der Waals surface area (Å²) >= 11 is 0. The van der Waals surface area contributed by atoms with Gasteiger partial charge in [-0.2, -0.15) is 0 Å². The van der Waals surface area contributed by atoms with Crippen LogP contribution in [0.1, 0.15) is 11.4 Å². The number of fused-ring (bicyclic) bond motifs is 1. The number of hydrogen-bond donors (Lipinski definition) is 0. The summed E-state index contributed by atoms with van der Waals surface area (Å²) in [6.07, 6.45) is 0.623. The van der Waals surface area contributed by atoms with Gasteiger partial charge in [-0.15, -0.1) is 0 Å². The van der Waals surface area contributed by atoms with Gasteiger partial charge in [0.25, 0.3) is 5.56 Å². The van der Waals surface area contributed by atoms with Crippen molar-refractivity contribution in [2.45, 2.75) is 6.42 Å². The number of benzene rings is 2. The molecule has 0 unspecified atom stereocenters. The fourth-order valence-electron chi connectivity index (χ4n) is 3.11. The van der Waals surface area contributed by atoms with E-state index in [-0.39, 0.29) is 5.56 Å². The van der Waals surface area contributed by atoms with Crippen molar-refractivity contribution in [3.8, 4) is 0 Å². The molecule has 0 atom stereocenters. The van der Waals surface area contributed by atoms with Gasteiger partial charge in [0.1, 0.15) is 5.82 Å². The molecule has 1 saturated heterocycles. The number of hydrogen-bond acceptors (Lipinski definition) is 4. The van der Waals surface area contributed by atoms with Crippen LogP contribution in [0.3, 0.4) is 0 Å². The quantitative estimate of drug-likeness (QED) is 0.740. The predicted molar refractivity (Wildman–Crippen MR) is 94.0 cm³/mol. The summed E-state index contributed by atoms with van der Waals surface area (Å²) in [6.45, 7) is 2.65. The van der Waals surface area contributed by atoms with Crippen molar-refractivity contribution in [3.05, 3.63) is 76.3 Å². The second-order valence-electron chi connectivity index (χ2n) is 5.89. The maximum atomic E-state index is 13.1. The van der Waals surface area contributed by atoms with E-state index in [1.165, 1.54) is 0 Å². The summed E-state index contributed by atoms with van der Waals surface area (Å²) in [7, 11) is 0. The molecule has 0 radical (unpaired) electrons. The Hall–Kier alpha value is -2.66. The van der Waals surface area contributed by atoms with Crippen LogP contribution in [0.5, 0.6) is 0 Å². The summed E-state index contributed by atoms with van der Waals surface area (Å²) < 4.78 is 7.18.